The first-order chi connectivity index (χ1) is 30.6. The van der Waals surface area contributed by atoms with Crippen LogP contribution < -0.4 is 0 Å². The number of halogens is 2. The topological polar surface area (TPSA) is 0 Å². The van der Waals surface area contributed by atoms with E-state index in [9.17, 15) is 0 Å². The molecule has 0 heterocycles. The van der Waals surface area contributed by atoms with Crippen molar-refractivity contribution in [2.45, 2.75) is 0 Å². The molecule has 0 nitrogen and oxygen atoms in total. The molecular weight excluding hydrogens is 880 g/mol. The van der Waals surface area contributed by atoms with Crippen molar-refractivity contribution in [1.82, 2.24) is 0 Å². The van der Waals surface area contributed by atoms with Gasteiger partial charge < -0.3 is 0 Å². The molecule has 292 valence electrons. The van der Waals surface area contributed by atoms with Crippen molar-refractivity contribution in [3.63, 3.8) is 0 Å². The van der Waals surface area contributed by atoms with E-state index in [4.69, 9.17) is 0 Å². The van der Waals surface area contributed by atoms with Gasteiger partial charge in [-0.25, -0.2) is 0 Å². The molecule has 0 fully saturated rings. The fraction of sp³-hybridized carbons (Fsp3) is 0. The molecule has 0 aliphatic rings. The SMILES string of the molecule is Brc1cccc(-c2c(-c3ccccc3)c(-c3cccc(-c4ccccc4)c3)c(-c3cccc(Br)c3)c3c4cc(-c5ccccc5)ccc4c4ccc(-c5ccccc5)cc4c23)c1. The Morgan fingerprint density at radius 3 is 0.935 bits per heavy atom. The van der Waals surface area contributed by atoms with Crippen LogP contribution in [0.2, 0.25) is 0 Å². The molecule has 0 atom stereocenters. The van der Waals surface area contributed by atoms with E-state index in [1.807, 2.05) is 0 Å². The van der Waals surface area contributed by atoms with Crippen LogP contribution in [-0.2, 0) is 0 Å². The maximum absolute atomic E-state index is 3.93. The van der Waals surface area contributed by atoms with Crippen molar-refractivity contribution in [1.29, 1.82) is 0 Å². The molecule has 62 heavy (non-hydrogen) atoms. The fourth-order valence-electron chi connectivity index (χ4n) is 9.41. The van der Waals surface area contributed by atoms with E-state index in [1.54, 1.807) is 0 Å². The zero-order valence-electron chi connectivity index (χ0n) is 33.7. The van der Waals surface area contributed by atoms with Crippen molar-refractivity contribution in [2.75, 3.05) is 0 Å². The van der Waals surface area contributed by atoms with Crippen LogP contribution in [0.3, 0.4) is 0 Å². The highest BCUT2D eigenvalue weighted by Gasteiger charge is 2.28. The lowest BCUT2D eigenvalue weighted by molar-refractivity contribution is 1.55. The van der Waals surface area contributed by atoms with Gasteiger partial charge in [0.05, 0.1) is 0 Å². The van der Waals surface area contributed by atoms with E-state index in [2.05, 4.69) is 262 Å². The van der Waals surface area contributed by atoms with Gasteiger partial charge in [0.15, 0.2) is 0 Å². The first-order valence-corrected chi connectivity index (χ1v) is 22.5. The number of hydrogen-bond acceptors (Lipinski definition) is 0. The van der Waals surface area contributed by atoms with Crippen LogP contribution in [0.5, 0.6) is 0 Å². The van der Waals surface area contributed by atoms with Crippen LogP contribution in [0.4, 0.5) is 0 Å². The molecule has 0 N–H and O–H groups in total. The van der Waals surface area contributed by atoms with Gasteiger partial charge in [0, 0.05) is 8.95 Å². The van der Waals surface area contributed by atoms with Crippen molar-refractivity contribution in [3.8, 4) is 77.9 Å². The molecule has 0 spiro atoms. The molecule has 0 saturated carbocycles. The zero-order chi connectivity index (χ0) is 41.6. The second-order valence-corrected chi connectivity index (χ2v) is 17.7. The van der Waals surface area contributed by atoms with Crippen molar-refractivity contribution in [3.05, 3.63) is 239 Å². The molecule has 0 aromatic heterocycles. The molecule has 11 rings (SSSR count). The van der Waals surface area contributed by atoms with Gasteiger partial charge in [-0.2, -0.15) is 0 Å². The van der Waals surface area contributed by atoms with Crippen LogP contribution in [0.15, 0.2) is 239 Å². The Bertz CT molecular complexity index is 3450. The number of hydrogen-bond donors (Lipinski definition) is 0. The second kappa shape index (κ2) is 16.2. The van der Waals surface area contributed by atoms with Gasteiger partial charge in [-0.3, -0.25) is 0 Å². The highest BCUT2D eigenvalue weighted by molar-refractivity contribution is 9.10. The molecule has 11 aromatic carbocycles. The molecule has 0 saturated heterocycles. The maximum atomic E-state index is 3.93. The summed E-state index contributed by atoms with van der Waals surface area (Å²) in [5.41, 5.74) is 16.5. The predicted octanol–water partition coefficient (Wildman–Crippen LogP) is 18.3. The fourth-order valence-corrected chi connectivity index (χ4v) is 10.2. The molecule has 0 aliphatic heterocycles. The summed E-state index contributed by atoms with van der Waals surface area (Å²) in [6.07, 6.45) is 0. The summed E-state index contributed by atoms with van der Waals surface area (Å²) in [6.45, 7) is 0. The van der Waals surface area contributed by atoms with Gasteiger partial charge in [-0.05, 0) is 153 Å². The summed E-state index contributed by atoms with van der Waals surface area (Å²) >= 11 is 7.86. The summed E-state index contributed by atoms with van der Waals surface area (Å²) in [5.74, 6) is 0. The molecule has 0 radical (unpaired) electrons. The molecule has 0 amide bonds. The smallest absolute Gasteiger partial charge is 0.0181 e. The Morgan fingerprint density at radius 2 is 0.516 bits per heavy atom. The van der Waals surface area contributed by atoms with Gasteiger partial charge >= 0.3 is 0 Å². The second-order valence-electron chi connectivity index (χ2n) is 15.8. The number of rotatable bonds is 7. The van der Waals surface area contributed by atoms with Crippen LogP contribution in [0.1, 0.15) is 0 Å². The van der Waals surface area contributed by atoms with Crippen LogP contribution in [-0.4, -0.2) is 0 Å². The van der Waals surface area contributed by atoms with E-state index in [0.29, 0.717) is 0 Å². The molecule has 2 heteroatoms. The van der Waals surface area contributed by atoms with E-state index in [1.165, 1.54) is 88.0 Å². The Labute approximate surface area is 379 Å². The summed E-state index contributed by atoms with van der Waals surface area (Å²) in [5, 5.41) is 7.33. The summed E-state index contributed by atoms with van der Waals surface area (Å²) in [6, 6.07) is 84.4. The van der Waals surface area contributed by atoms with Crippen molar-refractivity contribution >= 4 is 64.2 Å². The van der Waals surface area contributed by atoms with Crippen LogP contribution >= 0.6 is 31.9 Å². The van der Waals surface area contributed by atoms with Gasteiger partial charge in [-0.1, -0.05) is 220 Å². The standard InChI is InChI=1S/C60H38Br2/c61-49-28-14-26-47(35-49)57-55(42-22-11-4-12-23-42)56(46-25-13-24-43(34-46)39-16-5-1-6-17-39)58(48-27-15-29-50(62)36-48)60-54-38-45(41-20-9-3-10-21-41)31-33-52(54)51-32-30-44(37-53(51)59(57)60)40-18-7-2-8-19-40/h1-38H. The lowest BCUT2D eigenvalue weighted by Crippen LogP contribution is -2.00. The summed E-state index contributed by atoms with van der Waals surface area (Å²) in [7, 11) is 0. The first-order valence-electron chi connectivity index (χ1n) is 21.0. The minimum Gasteiger partial charge on any atom is -0.0622 e. The predicted molar refractivity (Wildman–Crippen MR) is 272 cm³/mol. The monoisotopic (exact) mass is 916 g/mol. The van der Waals surface area contributed by atoms with Crippen molar-refractivity contribution in [2.24, 2.45) is 0 Å². The summed E-state index contributed by atoms with van der Waals surface area (Å²) < 4.78 is 2.07. The minimum absolute atomic E-state index is 1.03. The van der Waals surface area contributed by atoms with E-state index < -0.39 is 0 Å². The third kappa shape index (κ3) is 6.86. The minimum atomic E-state index is 1.03. The van der Waals surface area contributed by atoms with E-state index in [0.717, 1.165) is 31.2 Å². The largest absolute Gasteiger partial charge is 0.0622 e. The Hall–Kier alpha value is -6.84. The lowest BCUT2D eigenvalue weighted by Gasteiger charge is -2.27. The maximum Gasteiger partial charge on any atom is 0.0181 e. The third-order valence-electron chi connectivity index (χ3n) is 12.1. The van der Waals surface area contributed by atoms with E-state index in [-0.39, 0.29) is 0 Å². The molecular formula is C60H38Br2. The van der Waals surface area contributed by atoms with Gasteiger partial charge in [0.25, 0.3) is 0 Å². The van der Waals surface area contributed by atoms with Crippen LogP contribution in [0, 0.1) is 0 Å². The third-order valence-corrected chi connectivity index (χ3v) is 13.1. The lowest BCUT2D eigenvalue weighted by atomic mass is 9.76. The molecule has 0 unspecified atom stereocenters. The Kier molecular flexibility index (Phi) is 9.97. The molecule has 0 bridgehead atoms. The molecule has 11 aromatic rings. The first kappa shape index (κ1) is 38.1. The van der Waals surface area contributed by atoms with Gasteiger partial charge in [0.1, 0.15) is 0 Å². The van der Waals surface area contributed by atoms with Crippen molar-refractivity contribution < 1.29 is 0 Å². The number of benzene rings is 11. The highest BCUT2D eigenvalue weighted by Crippen LogP contribution is 2.55. The summed E-state index contributed by atoms with van der Waals surface area (Å²) in [4.78, 5) is 0. The van der Waals surface area contributed by atoms with Gasteiger partial charge in [0.2, 0.25) is 0 Å². The molecule has 0 aliphatic carbocycles. The number of fused-ring (bicyclic) bond motifs is 6. The van der Waals surface area contributed by atoms with Crippen LogP contribution in [0.25, 0.3) is 110 Å². The average molecular weight is 919 g/mol. The van der Waals surface area contributed by atoms with E-state index >= 15 is 0 Å². The Balaban J connectivity index is 1.45. The normalized spacial score (nSPS) is 11.4. The van der Waals surface area contributed by atoms with Gasteiger partial charge in [-0.15, -0.1) is 0 Å². The zero-order valence-corrected chi connectivity index (χ0v) is 36.9. The quantitative estimate of drug-likeness (QED) is 0.140. The highest BCUT2D eigenvalue weighted by atomic mass is 79.9. The average Bonchev–Trinajstić information content (AvgIpc) is 3.34. The Morgan fingerprint density at radius 1 is 0.194 bits per heavy atom.